The molecule has 0 saturated carbocycles. The number of rotatable bonds is 7. The van der Waals surface area contributed by atoms with Crippen LogP contribution in [0.3, 0.4) is 0 Å². The molecule has 0 aliphatic rings. The molecule has 1 rings (SSSR count). The maximum absolute atomic E-state index is 5.80. The Morgan fingerprint density at radius 2 is 1.94 bits per heavy atom. The van der Waals surface area contributed by atoms with E-state index in [-0.39, 0.29) is 0 Å². The second-order valence-corrected chi connectivity index (χ2v) is 4.68. The Hall–Kier alpha value is -1.22. The molecule has 0 spiro atoms. The van der Waals surface area contributed by atoms with Gasteiger partial charge in [0.05, 0.1) is 12.3 Å². The van der Waals surface area contributed by atoms with E-state index >= 15 is 0 Å². The van der Waals surface area contributed by atoms with Crippen molar-refractivity contribution in [1.29, 1.82) is 0 Å². The van der Waals surface area contributed by atoms with Crippen molar-refractivity contribution in [3.63, 3.8) is 0 Å². The molecule has 0 radical (unpaired) electrons. The minimum absolute atomic E-state index is 0.547. The van der Waals surface area contributed by atoms with Crippen LogP contribution in [0.25, 0.3) is 0 Å². The standard InChI is InChI=1S/C14H23NO2/c1-11(2)6-7-16-8-9-17-14-10-12(3)4-5-13(14)15/h4-5,10-11H,6-9,15H2,1-3H3. The zero-order valence-electron chi connectivity index (χ0n) is 11.0. The number of hydrogen-bond acceptors (Lipinski definition) is 3. The van der Waals surface area contributed by atoms with Crippen molar-refractivity contribution in [3.05, 3.63) is 23.8 Å². The highest BCUT2D eigenvalue weighted by atomic mass is 16.5. The number of nitrogen functional groups attached to an aromatic ring is 1. The SMILES string of the molecule is Cc1ccc(N)c(OCCOCCC(C)C)c1. The van der Waals surface area contributed by atoms with Gasteiger partial charge in [-0.05, 0) is 37.0 Å². The first kappa shape index (κ1) is 13.8. The number of nitrogens with two attached hydrogens (primary N) is 1. The number of benzene rings is 1. The molecule has 0 fully saturated rings. The Morgan fingerprint density at radius 3 is 2.65 bits per heavy atom. The summed E-state index contributed by atoms with van der Waals surface area (Å²) >= 11 is 0. The van der Waals surface area contributed by atoms with Crippen LogP contribution in [0.15, 0.2) is 18.2 Å². The number of anilines is 1. The third kappa shape index (κ3) is 5.59. The molecule has 0 aliphatic carbocycles. The van der Waals surface area contributed by atoms with Crippen LogP contribution in [0.2, 0.25) is 0 Å². The fraction of sp³-hybridized carbons (Fsp3) is 0.571. The lowest BCUT2D eigenvalue weighted by molar-refractivity contribution is 0.0928. The van der Waals surface area contributed by atoms with Gasteiger partial charge in [-0.1, -0.05) is 19.9 Å². The van der Waals surface area contributed by atoms with Crippen molar-refractivity contribution in [2.75, 3.05) is 25.6 Å². The molecule has 0 amide bonds. The van der Waals surface area contributed by atoms with E-state index < -0.39 is 0 Å². The number of hydrogen-bond donors (Lipinski definition) is 1. The summed E-state index contributed by atoms with van der Waals surface area (Å²) in [5.74, 6) is 1.43. The molecule has 3 nitrogen and oxygen atoms in total. The average molecular weight is 237 g/mol. The Balaban J connectivity index is 2.20. The van der Waals surface area contributed by atoms with E-state index in [2.05, 4.69) is 13.8 Å². The Morgan fingerprint density at radius 1 is 1.18 bits per heavy atom. The van der Waals surface area contributed by atoms with E-state index in [0.29, 0.717) is 24.8 Å². The summed E-state index contributed by atoms with van der Waals surface area (Å²) in [6.07, 6.45) is 1.09. The van der Waals surface area contributed by atoms with Gasteiger partial charge in [0.15, 0.2) is 0 Å². The topological polar surface area (TPSA) is 44.5 Å². The van der Waals surface area contributed by atoms with Gasteiger partial charge in [-0.2, -0.15) is 0 Å². The van der Waals surface area contributed by atoms with E-state index in [4.69, 9.17) is 15.2 Å². The Bertz CT molecular complexity index is 337. The van der Waals surface area contributed by atoms with Crippen molar-refractivity contribution in [2.24, 2.45) is 5.92 Å². The summed E-state index contributed by atoms with van der Waals surface area (Å²) in [5, 5.41) is 0. The Labute approximate surface area is 104 Å². The molecule has 17 heavy (non-hydrogen) atoms. The van der Waals surface area contributed by atoms with E-state index in [1.807, 2.05) is 25.1 Å². The lowest BCUT2D eigenvalue weighted by Gasteiger charge is -2.10. The predicted molar refractivity (Wildman–Crippen MR) is 71.4 cm³/mol. The Kier molecular flexibility index (Phi) is 5.84. The van der Waals surface area contributed by atoms with Crippen LogP contribution in [0, 0.1) is 12.8 Å². The van der Waals surface area contributed by atoms with Crippen molar-refractivity contribution in [2.45, 2.75) is 27.2 Å². The molecule has 2 N–H and O–H groups in total. The summed E-state index contributed by atoms with van der Waals surface area (Å²) in [6, 6.07) is 5.79. The van der Waals surface area contributed by atoms with Crippen LogP contribution in [0.5, 0.6) is 5.75 Å². The van der Waals surface area contributed by atoms with Gasteiger partial charge in [0.2, 0.25) is 0 Å². The summed E-state index contributed by atoms with van der Waals surface area (Å²) in [7, 11) is 0. The van der Waals surface area contributed by atoms with E-state index in [9.17, 15) is 0 Å². The van der Waals surface area contributed by atoms with Crippen molar-refractivity contribution >= 4 is 5.69 Å². The molecule has 0 bridgehead atoms. The van der Waals surface area contributed by atoms with E-state index in [1.165, 1.54) is 0 Å². The second kappa shape index (κ2) is 7.17. The molecular weight excluding hydrogens is 214 g/mol. The first-order valence-corrected chi connectivity index (χ1v) is 6.16. The minimum Gasteiger partial charge on any atom is -0.489 e. The molecule has 1 aromatic carbocycles. The highest BCUT2D eigenvalue weighted by Gasteiger charge is 2.00. The van der Waals surface area contributed by atoms with Gasteiger partial charge in [0.25, 0.3) is 0 Å². The first-order valence-electron chi connectivity index (χ1n) is 6.16. The molecule has 0 aliphatic heterocycles. The maximum atomic E-state index is 5.80. The second-order valence-electron chi connectivity index (χ2n) is 4.68. The van der Waals surface area contributed by atoms with Crippen LogP contribution in [0.4, 0.5) is 5.69 Å². The lowest BCUT2D eigenvalue weighted by atomic mass is 10.1. The third-order valence-corrected chi connectivity index (χ3v) is 2.49. The van der Waals surface area contributed by atoms with Gasteiger partial charge in [0, 0.05) is 6.61 Å². The smallest absolute Gasteiger partial charge is 0.142 e. The summed E-state index contributed by atoms with van der Waals surface area (Å²) in [6.45, 7) is 8.35. The molecule has 0 heterocycles. The molecule has 0 saturated heterocycles. The molecule has 96 valence electrons. The van der Waals surface area contributed by atoms with Gasteiger partial charge in [0.1, 0.15) is 12.4 Å². The highest BCUT2D eigenvalue weighted by Crippen LogP contribution is 2.22. The molecule has 3 heteroatoms. The summed E-state index contributed by atoms with van der Waals surface area (Å²) < 4.78 is 11.0. The fourth-order valence-corrected chi connectivity index (χ4v) is 1.40. The highest BCUT2D eigenvalue weighted by molar-refractivity contribution is 5.53. The van der Waals surface area contributed by atoms with E-state index in [0.717, 1.165) is 24.3 Å². The average Bonchev–Trinajstić information content (AvgIpc) is 2.27. The molecular formula is C14H23NO2. The van der Waals surface area contributed by atoms with Crippen LogP contribution < -0.4 is 10.5 Å². The minimum atomic E-state index is 0.547. The predicted octanol–water partition coefficient (Wildman–Crippen LogP) is 3.02. The van der Waals surface area contributed by atoms with Crippen molar-refractivity contribution in [3.8, 4) is 5.75 Å². The monoisotopic (exact) mass is 237 g/mol. The van der Waals surface area contributed by atoms with Crippen LogP contribution in [-0.4, -0.2) is 19.8 Å². The van der Waals surface area contributed by atoms with Crippen LogP contribution in [-0.2, 0) is 4.74 Å². The largest absolute Gasteiger partial charge is 0.489 e. The summed E-state index contributed by atoms with van der Waals surface area (Å²) in [5.41, 5.74) is 7.63. The third-order valence-electron chi connectivity index (χ3n) is 2.49. The number of aryl methyl sites for hydroxylation is 1. The molecule has 0 unspecified atom stereocenters. The maximum Gasteiger partial charge on any atom is 0.142 e. The van der Waals surface area contributed by atoms with Gasteiger partial charge in [-0.15, -0.1) is 0 Å². The molecule has 0 atom stereocenters. The molecule has 1 aromatic rings. The molecule has 0 aromatic heterocycles. The quantitative estimate of drug-likeness (QED) is 0.585. The number of ether oxygens (including phenoxy) is 2. The van der Waals surface area contributed by atoms with Gasteiger partial charge >= 0.3 is 0 Å². The first-order chi connectivity index (χ1) is 8.09. The van der Waals surface area contributed by atoms with Gasteiger partial charge in [-0.3, -0.25) is 0 Å². The van der Waals surface area contributed by atoms with Gasteiger partial charge in [-0.25, -0.2) is 0 Å². The normalized spacial score (nSPS) is 10.8. The van der Waals surface area contributed by atoms with E-state index in [1.54, 1.807) is 0 Å². The van der Waals surface area contributed by atoms with Crippen LogP contribution >= 0.6 is 0 Å². The van der Waals surface area contributed by atoms with Crippen molar-refractivity contribution in [1.82, 2.24) is 0 Å². The summed E-state index contributed by atoms with van der Waals surface area (Å²) in [4.78, 5) is 0. The fourth-order valence-electron chi connectivity index (χ4n) is 1.40. The lowest BCUT2D eigenvalue weighted by Crippen LogP contribution is -2.09. The van der Waals surface area contributed by atoms with Crippen LogP contribution in [0.1, 0.15) is 25.8 Å². The zero-order valence-corrected chi connectivity index (χ0v) is 11.0. The zero-order chi connectivity index (χ0) is 12.7. The van der Waals surface area contributed by atoms with Crippen molar-refractivity contribution < 1.29 is 9.47 Å². The van der Waals surface area contributed by atoms with Gasteiger partial charge < -0.3 is 15.2 Å².